The van der Waals surface area contributed by atoms with Gasteiger partial charge in [0, 0.05) is 12.8 Å². The van der Waals surface area contributed by atoms with Crippen LogP contribution in [0.2, 0.25) is 0 Å². The van der Waals surface area contributed by atoms with E-state index < -0.39 is 23.9 Å². The molecule has 8 heteroatoms. The first-order valence-corrected chi connectivity index (χ1v) is 8.16. The Kier molecular flexibility index (Phi) is 13.2. The van der Waals surface area contributed by atoms with E-state index in [0.717, 1.165) is 0 Å². The fraction of sp³-hybridized carbons (Fsp3) is 0.750. The molecule has 0 rings (SSSR count). The summed E-state index contributed by atoms with van der Waals surface area (Å²) in [6, 6.07) is 0. The van der Waals surface area contributed by atoms with Gasteiger partial charge in [0.15, 0.2) is 0 Å². The lowest BCUT2D eigenvalue weighted by molar-refractivity contribution is -0.150. The number of rotatable bonds is 15. The molecule has 0 spiro atoms. The fourth-order valence-electron chi connectivity index (χ4n) is 1.83. The maximum atomic E-state index is 11.4. The zero-order valence-electron chi connectivity index (χ0n) is 13.8. The molecule has 0 fully saturated rings. The van der Waals surface area contributed by atoms with Crippen molar-refractivity contribution in [2.24, 2.45) is 0 Å². The molecule has 0 aromatic rings. The normalized spacial score (nSPS) is 10.2. The molecule has 0 aromatic carbocycles. The Morgan fingerprint density at radius 2 is 0.917 bits per heavy atom. The van der Waals surface area contributed by atoms with Gasteiger partial charge in [-0.3, -0.25) is 19.2 Å². The minimum atomic E-state index is -0.840. The number of hydrogen-bond donors (Lipinski definition) is 2. The molecule has 0 aliphatic heterocycles. The number of ether oxygens (including phenoxy) is 2. The van der Waals surface area contributed by atoms with E-state index in [4.69, 9.17) is 19.7 Å². The Morgan fingerprint density at radius 3 is 1.25 bits per heavy atom. The summed E-state index contributed by atoms with van der Waals surface area (Å²) in [6.45, 7) is 0.439. The second-order valence-electron chi connectivity index (χ2n) is 5.35. The third kappa shape index (κ3) is 16.3. The number of unbranched alkanes of at least 4 members (excludes halogenated alkanes) is 4. The number of aliphatic carboxylic acids is 2. The molecule has 0 unspecified atom stereocenters. The van der Waals surface area contributed by atoms with E-state index in [1.54, 1.807) is 0 Å². The maximum absolute atomic E-state index is 11.4. The summed E-state index contributed by atoms with van der Waals surface area (Å²) in [5, 5.41) is 16.9. The lowest BCUT2D eigenvalue weighted by Crippen LogP contribution is -2.11. The highest BCUT2D eigenvalue weighted by Crippen LogP contribution is 2.03. The second-order valence-corrected chi connectivity index (χ2v) is 5.35. The lowest BCUT2D eigenvalue weighted by Gasteiger charge is -2.06. The molecule has 0 radical (unpaired) electrons. The molecule has 8 nitrogen and oxygen atoms in total. The topological polar surface area (TPSA) is 127 Å². The van der Waals surface area contributed by atoms with E-state index in [2.05, 4.69) is 0 Å². The molecular weight excluding hydrogens is 320 g/mol. The Bertz CT molecular complexity index is 367. The first-order chi connectivity index (χ1) is 11.4. The van der Waals surface area contributed by atoms with Crippen LogP contribution in [0.5, 0.6) is 0 Å². The van der Waals surface area contributed by atoms with Crippen LogP contribution in [0.25, 0.3) is 0 Å². The summed E-state index contributed by atoms with van der Waals surface area (Å²) in [4.78, 5) is 43.4. The summed E-state index contributed by atoms with van der Waals surface area (Å²) < 4.78 is 9.86. The molecule has 0 atom stereocenters. The van der Waals surface area contributed by atoms with Crippen LogP contribution in [0.1, 0.15) is 64.2 Å². The molecule has 2 N–H and O–H groups in total. The molecule has 0 bridgehead atoms. The fourth-order valence-corrected chi connectivity index (χ4v) is 1.83. The van der Waals surface area contributed by atoms with Crippen LogP contribution >= 0.6 is 0 Å². The molecular formula is C16H26O8. The minimum absolute atomic E-state index is 0.0486. The summed E-state index contributed by atoms with van der Waals surface area (Å²) in [6.07, 6.45) is 3.75. The standard InChI is InChI=1S/C16H26O8/c17-13(18)7-3-1-5-11-23-15(21)9-10-16(22)24-12-6-2-4-8-14(19)20/h1-12H2,(H,17,18)(H,19,20). The molecule has 0 aromatic heterocycles. The van der Waals surface area contributed by atoms with Crippen molar-refractivity contribution >= 4 is 23.9 Å². The largest absolute Gasteiger partial charge is 0.481 e. The van der Waals surface area contributed by atoms with Gasteiger partial charge in [-0.15, -0.1) is 0 Å². The second kappa shape index (κ2) is 14.5. The van der Waals surface area contributed by atoms with Crippen LogP contribution < -0.4 is 0 Å². The van der Waals surface area contributed by atoms with Crippen molar-refractivity contribution in [3.8, 4) is 0 Å². The molecule has 0 saturated carbocycles. The van der Waals surface area contributed by atoms with Crippen LogP contribution in [-0.4, -0.2) is 47.3 Å². The summed E-state index contributed by atoms with van der Waals surface area (Å²) >= 11 is 0. The highest BCUT2D eigenvalue weighted by molar-refractivity contribution is 5.77. The van der Waals surface area contributed by atoms with E-state index in [1.165, 1.54) is 0 Å². The number of hydrogen-bond acceptors (Lipinski definition) is 6. The Morgan fingerprint density at radius 1 is 0.542 bits per heavy atom. The quantitative estimate of drug-likeness (QED) is 0.341. The first-order valence-electron chi connectivity index (χ1n) is 8.16. The predicted octanol–water partition coefficient (Wildman–Crippen LogP) is 2.14. The molecule has 0 aliphatic carbocycles. The maximum Gasteiger partial charge on any atom is 0.306 e. The van der Waals surface area contributed by atoms with Gasteiger partial charge in [-0.25, -0.2) is 0 Å². The van der Waals surface area contributed by atoms with Crippen molar-refractivity contribution in [1.29, 1.82) is 0 Å². The number of carbonyl (C=O) groups excluding carboxylic acids is 2. The third-order valence-corrected chi connectivity index (χ3v) is 3.13. The zero-order chi connectivity index (χ0) is 18.2. The molecule has 138 valence electrons. The van der Waals surface area contributed by atoms with Gasteiger partial charge in [0.2, 0.25) is 0 Å². The summed E-state index contributed by atoms with van der Waals surface area (Å²) in [5.74, 6) is -2.64. The number of carboxylic acids is 2. The van der Waals surface area contributed by atoms with Crippen LogP contribution in [-0.2, 0) is 28.7 Å². The van der Waals surface area contributed by atoms with Crippen molar-refractivity contribution < 1.29 is 38.9 Å². The summed E-state index contributed by atoms with van der Waals surface area (Å²) in [5.41, 5.74) is 0. The molecule has 0 saturated heterocycles. The van der Waals surface area contributed by atoms with Crippen LogP contribution in [0.3, 0.4) is 0 Å². The first kappa shape index (κ1) is 21.9. The third-order valence-electron chi connectivity index (χ3n) is 3.13. The molecule has 0 amide bonds. The van der Waals surface area contributed by atoms with Crippen molar-refractivity contribution in [3.63, 3.8) is 0 Å². The van der Waals surface area contributed by atoms with Gasteiger partial charge < -0.3 is 19.7 Å². The Labute approximate surface area is 141 Å². The summed E-state index contributed by atoms with van der Waals surface area (Å²) in [7, 11) is 0. The highest BCUT2D eigenvalue weighted by Gasteiger charge is 2.09. The smallest absolute Gasteiger partial charge is 0.306 e. The number of carboxylic acid groups (broad SMARTS) is 2. The highest BCUT2D eigenvalue weighted by atomic mass is 16.5. The van der Waals surface area contributed by atoms with Gasteiger partial charge in [0.25, 0.3) is 0 Å². The minimum Gasteiger partial charge on any atom is -0.481 e. The Hall–Kier alpha value is -2.12. The predicted molar refractivity (Wildman–Crippen MR) is 83.4 cm³/mol. The molecule has 24 heavy (non-hydrogen) atoms. The van der Waals surface area contributed by atoms with Gasteiger partial charge in [0.1, 0.15) is 0 Å². The van der Waals surface area contributed by atoms with E-state index in [1.807, 2.05) is 0 Å². The monoisotopic (exact) mass is 346 g/mol. The molecule has 0 aliphatic rings. The Balaban J connectivity index is 3.43. The van der Waals surface area contributed by atoms with Gasteiger partial charge in [0.05, 0.1) is 26.1 Å². The van der Waals surface area contributed by atoms with Crippen molar-refractivity contribution in [1.82, 2.24) is 0 Å². The van der Waals surface area contributed by atoms with Crippen molar-refractivity contribution in [3.05, 3.63) is 0 Å². The van der Waals surface area contributed by atoms with Gasteiger partial charge in [-0.05, 0) is 38.5 Å². The average molecular weight is 346 g/mol. The lowest BCUT2D eigenvalue weighted by atomic mass is 10.2. The molecule has 0 heterocycles. The van der Waals surface area contributed by atoms with Gasteiger partial charge >= 0.3 is 23.9 Å². The van der Waals surface area contributed by atoms with Gasteiger partial charge in [-0.1, -0.05) is 0 Å². The number of esters is 2. The van der Waals surface area contributed by atoms with Crippen LogP contribution in [0.4, 0.5) is 0 Å². The van der Waals surface area contributed by atoms with Crippen LogP contribution in [0.15, 0.2) is 0 Å². The van der Waals surface area contributed by atoms with E-state index in [0.29, 0.717) is 38.5 Å². The van der Waals surface area contributed by atoms with Crippen molar-refractivity contribution in [2.75, 3.05) is 13.2 Å². The number of carbonyl (C=O) groups is 4. The average Bonchev–Trinajstić information content (AvgIpc) is 2.51. The van der Waals surface area contributed by atoms with E-state index >= 15 is 0 Å². The van der Waals surface area contributed by atoms with Gasteiger partial charge in [-0.2, -0.15) is 0 Å². The van der Waals surface area contributed by atoms with E-state index in [9.17, 15) is 19.2 Å². The SMILES string of the molecule is O=C(O)CCCCCOC(=O)CCC(=O)OCCCCCC(=O)O. The zero-order valence-corrected chi connectivity index (χ0v) is 13.8. The van der Waals surface area contributed by atoms with Crippen LogP contribution in [0, 0.1) is 0 Å². The van der Waals surface area contributed by atoms with E-state index in [-0.39, 0.29) is 38.9 Å². The van der Waals surface area contributed by atoms with Crippen molar-refractivity contribution in [2.45, 2.75) is 64.2 Å².